The minimum atomic E-state index is -2.28. The Morgan fingerprint density at radius 2 is 2.08 bits per heavy atom. The zero-order valence-corrected chi connectivity index (χ0v) is 12.6. The Morgan fingerprint density at radius 3 is 2.96 bits per heavy atom. The molecule has 4 nitrogen and oxygen atoms in total. The molecule has 0 bridgehead atoms. The van der Waals surface area contributed by atoms with Gasteiger partial charge in [-0.15, -0.1) is 0 Å². The number of hydrogen-bond donors (Lipinski definition) is 1. The van der Waals surface area contributed by atoms with Crippen LogP contribution in [-0.2, 0) is 0 Å². The topological polar surface area (TPSA) is 39.7 Å². The SMILES string of the molecule is [2H]c1c([2H])c([C@H]2C(COc3ccc4c(c3)OC([2H])([2H])O4)CNCC2([2H])[2H])c([2H])c([2H])c1F. The highest BCUT2D eigenvalue weighted by molar-refractivity contribution is 5.46. The molecule has 126 valence electrons. The lowest BCUT2D eigenvalue weighted by Crippen LogP contribution is -2.38. The van der Waals surface area contributed by atoms with Gasteiger partial charge in [-0.3, -0.25) is 0 Å². The van der Waals surface area contributed by atoms with Crippen LogP contribution >= 0.6 is 0 Å². The van der Waals surface area contributed by atoms with Gasteiger partial charge in [0, 0.05) is 21.3 Å². The van der Waals surface area contributed by atoms with Gasteiger partial charge in [-0.05, 0) is 48.6 Å². The Labute approximate surface area is 151 Å². The lowest BCUT2D eigenvalue weighted by molar-refractivity contribution is 0.173. The summed E-state index contributed by atoms with van der Waals surface area (Å²) in [6, 6.07) is 1.59. The van der Waals surface area contributed by atoms with Gasteiger partial charge >= 0.3 is 0 Å². The summed E-state index contributed by atoms with van der Waals surface area (Å²) in [5.41, 5.74) is -0.180. The molecule has 0 spiro atoms. The molecule has 2 aromatic rings. The predicted octanol–water partition coefficient (Wildman–Crippen LogP) is 3.33. The molecule has 0 amide bonds. The summed E-state index contributed by atoms with van der Waals surface area (Å²) in [6.45, 7) is -2.14. The van der Waals surface area contributed by atoms with Gasteiger partial charge < -0.3 is 19.5 Å². The standard InChI is InChI=1S/C19H20FNO3/c20-15-3-1-13(2-4-15)17-7-8-21-10-14(17)11-22-16-5-6-18-19(9-16)24-12-23-18/h1-6,9,14,17,21H,7-8,10-12H2/t14?,17-/m0/s1/i1D,2D,3D,4D,7D2,12D2. The van der Waals surface area contributed by atoms with E-state index in [9.17, 15) is 4.39 Å². The van der Waals surface area contributed by atoms with Crippen LogP contribution in [0.25, 0.3) is 0 Å². The molecule has 2 aliphatic heterocycles. The Hall–Kier alpha value is -2.27. The molecule has 2 aromatic carbocycles. The van der Waals surface area contributed by atoms with Gasteiger partial charge in [0.15, 0.2) is 11.5 Å². The van der Waals surface area contributed by atoms with Crippen molar-refractivity contribution in [3.05, 3.63) is 53.7 Å². The number of rotatable bonds is 4. The summed E-state index contributed by atoms with van der Waals surface area (Å²) in [7, 11) is 0. The van der Waals surface area contributed by atoms with Gasteiger partial charge in [0.1, 0.15) is 14.3 Å². The first-order valence-electron chi connectivity index (χ1n) is 11.5. The van der Waals surface area contributed by atoms with Crippen LogP contribution in [0.4, 0.5) is 4.39 Å². The van der Waals surface area contributed by atoms with Crippen molar-refractivity contribution in [3.63, 3.8) is 0 Å². The second-order valence-corrected chi connectivity index (χ2v) is 5.51. The molecule has 2 heterocycles. The van der Waals surface area contributed by atoms with Crippen molar-refractivity contribution in [2.24, 2.45) is 5.92 Å². The molecule has 4 rings (SSSR count). The summed E-state index contributed by atoms with van der Waals surface area (Å²) >= 11 is 0. The van der Waals surface area contributed by atoms with E-state index in [0.717, 1.165) is 0 Å². The van der Waals surface area contributed by atoms with Gasteiger partial charge in [0.2, 0.25) is 6.75 Å². The highest BCUT2D eigenvalue weighted by Gasteiger charge is 2.27. The molecule has 0 aliphatic carbocycles. The fraction of sp³-hybridized carbons (Fsp3) is 0.368. The van der Waals surface area contributed by atoms with Gasteiger partial charge in [-0.1, -0.05) is 12.1 Å². The monoisotopic (exact) mass is 337 g/mol. The summed E-state index contributed by atoms with van der Waals surface area (Å²) in [6.07, 6.45) is -1.94. The highest BCUT2D eigenvalue weighted by atomic mass is 19.1. The van der Waals surface area contributed by atoms with E-state index in [2.05, 4.69) is 5.32 Å². The van der Waals surface area contributed by atoms with Crippen LogP contribution in [0.1, 0.15) is 28.8 Å². The number of benzene rings is 2. The number of nitrogens with one attached hydrogen (secondary N) is 1. The van der Waals surface area contributed by atoms with Crippen molar-refractivity contribution in [1.82, 2.24) is 5.32 Å². The molecule has 0 saturated carbocycles. The Balaban J connectivity index is 1.63. The average molecular weight is 337 g/mol. The second kappa shape index (κ2) is 6.69. The number of piperidine rings is 1. The van der Waals surface area contributed by atoms with Crippen molar-refractivity contribution < 1.29 is 29.6 Å². The molecule has 1 unspecified atom stereocenters. The molecule has 2 aliphatic rings. The number of ether oxygens (including phenoxy) is 3. The van der Waals surface area contributed by atoms with Crippen LogP contribution in [0, 0.1) is 11.7 Å². The summed E-state index contributed by atoms with van der Waals surface area (Å²) in [5, 5.41) is 2.95. The summed E-state index contributed by atoms with van der Waals surface area (Å²) in [5.74, 6) is -2.28. The average Bonchev–Trinajstić information content (AvgIpc) is 3.03. The number of hydrogen-bond acceptors (Lipinski definition) is 4. The van der Waals surface area contributed by atoms with Gasteiger partial charge in [-0.25, -0.2) is 4.39 Å². The molecule has 1 fully saturated rings. The quantitative estimate of drug-likeness (QED) is 0.929. The van der Waals surface area contributed by atoms with Crippen LogP contribution in [0.15, 0.2) is 42.4 Å². The smallest absolute Gasteiger partial charge is 0.231 e. The Bertz CT molecular complexity index is 1040. The van der Waals surface area contributed by atoms with Crippen LogP contribution < -0.4 is 19.5 Å². The lowest BCUT2D eigenvalue weighted by Gasteiger charge is -2.32. The molecule has 2 atom stereocenters. The van der Waals surface area contributed by atoms with Gasteiger partial charge in [-0.2, -0.15) is 0 Å². The van der Waals surface area contributed by atoms with Crippen molar-refractivity contribution >= 4 is 0 Å². The van der Waals surface area contributed by atoms with Gasteiger partial charge in [0.25, 0.3) is 0 Å². The van der Waals surface area contributed by atoms with Crippen LogP contribution in [0.2, 0.25) is 0 Å². The van der Waals surface area contributed by atoms with E-state index in [1.54, 1.807) is 0 Å². The molecular formula is C19H20FNO3. The summed E-state index contributed by atoms with van der Waals surface area (Å²) in [4.78, 5) is 0. The zero-order valence-electron chi connectivity index (χ0n) is 20.6. The first-order chi connectivity index (χ1) is 14.9. The maximum atomic E-state index is 14.0. The van der Waals surface area contributed by atoms with E-state index < -0.39 is 54.9 Å². The minimum Gasteiger partial charge on any atom is -0.493 e. The van der Waals surface area contributed by atoms with Crippen molar-refractivity contribution in [2.75, 3.05) is 26.4 Å². The van der Waals surface area contributed by atoms with Crippen molar-refractivity contribution in [3.8, 4) is 17.2 Å². The van der Waals surface area contributed by atoms with E-state index in [1.807, 2.05) is 0 Å². The summed E-state index contributed by atoms with van der Waals surface area (Å²) < 4.78 is 93.7. The third-order valence-electron chi connectivity index (χ3n) is 3.93. The molecular weight excluding hydrogens is 309 g/mol. The van der Waals surface area contributed by atoms with Crippen molar-refractivity contribution in [2.45, 2.75) is 12.3 Å². The molecule has 1 N–H and O–H groups in total. The molecule has 0 radical (unpaired) electrons. The predicted molar refractivity (Wildman–Crippen MR) is 88.2 cm³/mol. The third-order valence-corrected chi connectivity index (χ3v) is 3.93. The van der Waals surface area contributed by atoms with Crippen LogP contribution in [0.3, 0.4) is 0 Å². The maximum absolute atomic E-state index is 14.0. The molecule has 1 saturated heterocycles. The fourth-order valence-corrected chi connectivity index (χ4v) is 2.74. The lowest BCUT2D eigenvalue weighted by atomic mass is 9.81. The van der Waals surface area contributed by atoms with Crippen LogP contribution in [0.5, 0.6) is 17.2 Å². The highest BCUT2D eigenvalue weighted by Crippen LogP contribution is 2.36. The van der Waals surface area contributed by atoms with Crippen molar-refractivity contribution in [1.29, 1.82) is 0 Å². The van der Waals surface area contributed by atoms with E-state index in [1.165, 1.54) is 18.2 Å². The number of fused-ring (bicyclic) bond motifs is 1. The fourth-order valence-electron chi connectivity index (χ4n) is 2.74. The van der Waals surface area contributed by atoms with E-state index in [0.29, 0.717) is 5.75 Å². The first-order valence-corrected chi connectivity index (χ1v) is 7.52. The molecule has 5 heteroatoms. The minimum absolute atomic E-state index is 0.0549. The molecule has 24 heavy (non-hydrogen) atoms. The largest absolute Gasteiger partial charge is 0.493 e. The maximum Gasteiger partial charge on any atom is 0.231 e. The van der Waals surface area contributed by atoms with Crippen LogP contribution in [-0.4, -0.2) is 26.4 Å². The second-order valence-electron chi connectivity index (χ2n) is 5.51. The first kappa shape index (κ1) is 8.72. The van der Waals surface area contributed by atoms with Gasteiger partial charge in [0.05, 0.1) is 12.1 Å². The molecule has 0 aromatic heterocycles. The Kier molecular flexibility index (Phi) is 2.43. The third kappa shape index (κ3) is 3.17. The Morgan fingerprint density at radius 1 is 1.25 bits per heavy atom. The van der Waals surface area contributed by atoms with E-state index >= 15 is 0 Å². The van der Waals surface area contributed by atoms with E-state index in [-0.39, 0.29) is 36.8 Å². The normalized spacial score (nSPS) is 31.4. The van der Waals surface area contributed by atoms with E-state index in [4.69, 9.17) is 25.2 Å². The zero-order chi connectivity index (χ0) is 23.4. The number of halogens is 1.